The average molecular weight is 243 g/mol. The fraction of sp³-hybridized carbons (Fsp3) is 0.917. The lowest BCUT2D eigenvalue weighted by atomic mass is 9.86. The van der Waals surface area contributed by atoms with Crippen LogP contribution in [0.1, 0.15) is 32.6 Å². The summed E-state index contributed by atoms with van der Waals surface area (Å²) in [6.45, 7) is 4.21. The number of hydrogen-bond acceptors (Lipinski definition) is 3. The zero-order valence-corrected chi connectivity index (χ0v) is 10.8. The van der Waals surface area contributed by atoms with Gasteiger partial charge in [0.05, 0.1) is 0 Å². The van der Waals surface area contributed by atoms with E-state index < -0.39 is 11.5 Å². The molecule has 2 aliphatic heterocycles. The standard InChI is InChI=1S/C12H21NO2S/c1-10-2-6-13(7-3-10)12(11(14)15)4-8-16-9-5-12/h10H,2-9H2,1H3,(H,14,15). The van der Waals surface area contributed by atoms with Crippen LogP contribution < -0.4 is 0 Å². The van der Waals surface area contributed by atoms with Gasteiger partial charge in [0.1, 0.15) is 5.54 Å². The molecular weight excluding hydrogens is 222 g/mol. The lowest BCUT2D eigenvalue weighted by Gasteiger charge is -2.45. The van der Waals surface area contributed by atoms with E-state index in [1.54, 1.807) is 0 Å². The second-order valence-corrected chi connectivity index (χ2v) is 6.34. The molecule has 0 radical (unpaired) electrons. The molecule has 0 saturated carbocycles. The molecule has 92 valence electrons. The Morgan fingerprint density at radius 1 is 1.31 bits per heavy atom. The van der Waals surface area contributed by atoms with Crippen molar-refractivity contribution in [3.05, 3.63) is 0 Å². The normalized spacial score (nSPS) is 27.8. The van der Waals surface area contributed by atoms with E-state index in [-0.39, 0.29) is 0 Å². The third-order valence-corrected chi connectivity index (χ3v) is 5.09. The zero-order valence-electron chi connectivity index (χ0n) is 9.95. The molecule has 16 heavy (non-hydrogen) atoms. The summed E-state index contributed by atoms with van der Waals surface area (Å²) in [5.41, 5.74) is -0.536. The highest BCUT2D eigenvalue weighted by Gasteiger charge is 2.45. The van der Waals surface area contributed by atoms with Gasteiger partial charge in [-0.25, -0.2) is 0 Å². The molecule has 4 heteroatoms. The molecule has 0 aromatic carbocycles. The maximum atomic E-state index is 11.6. The summed E-state index contributed by atoms with van der Waals surface area (Å²) in [6.07, 6.45) is 3.95. The maximum Gasteiger partial charge on any atom is 0.324 e. The Kier molecular flexibility index (Phi) is 3.80. The Bertz CT molecular complexity index is 256. The van der Waals surface area contributed by atoms with Crippen molar-refractivity contribution in [2.24, 2.45) is 5.92 Å². The van der Waals surface area contributed by atoms with Crippen LogP contribution in [-0.4, -0.2) is 46.1 Å². The van der Waals surface area contributed by atoms with E-state index in [1.807, 2.05) is 11.8 Å². The Hall–Kier alpha value is -0.220. The van der Waals surface area contributed by atoms with Crippen molar-refractivity contribution in [1.29, 1.82) is 0 Å². The van der Waals surface area contributed by atoms with Crippen LogP contribution in [0, 0.1) is 5.92 Å². The SMILES string of the molecule is CC1CCN(C2(C(=O)O)CCSCC2)CC1. The van der Waals surface area contributed by atoms with E-state index in [0.29, 0.717) is 0 Å². The summed E-state index contributed by atoms with van der Waals surface area (Å²) >= 11 is 1.89. The quantitative estimate of drug-likeness (QED) is 0.806. The first-order valence-electron chi connectivity index (χ1n) is 6.21. The Morgan fingerprint density at radius 2 is 1.88 bits per heavy atom. The van der Waals surface area contributed by atoms with Gasteiger partial charge in [-0.15, -0.1) is 0 Å². The number of carbonyl (C=O) groups is 1. The van der Waals surface area contributed by atoms with Gasteiger partial charge in [-0.2, -0.15) is 11.8 Å². The van der Waals surface area contributed by atoms with E-state index in [1.165, 1.54) is 0 Å². The molecule has 2 rings (SSSR count). The second kappa shape index (κ2) is 4.96. The van der Waals surface area contributed by atoms with E-state index in [2.05, 4.69) is 11.8 Å². The second-order valence-electron chi connectivity index (χ2n) is 5.12. The number of carboxylic acids is 1. The smallest absolute Gasteiger partial charge is 0.324 e. The number of aliphatic carboxylic acids is 1. The van der Waals surface area contributed by atoms with Gasteiger partial charge < -0.3 is 5.11 Å². The number of thioether (sulfide) groups is 1. The summed E-state index contributed by atoms with van der Waals surface area (Å²) in [6, 6.07) is 0. The van der Waals surface area contributed by atoms with Gasteiger partial charge in [-0.3, -0.25) is 9.69 Å². The minimum absolute atomic E-state index is 0.536. The molecule has 3 nitrogen and oxygen atoms in total. The summed E-state index contributed by atoms with van der Waals surface area (Å²) in [4.78, 5) is 13.9. The molecular formula is C12H21NO2S. The van der Waals surface area contributed by atoms with Crippen molar-refractivity contribution in [1.82, 2.24) is 4.90 Å². The molecule has 0 amide bonds. The van der Waals surface area contributed by atoms with Crippen LogP contribution in [0.5, 0.6) is 0 Å². The molecule has 2 heterocycles. The van der Waals surface area contributed by atoms with Crippen molar-refractivity contribution in [2.75, 3.05) is 24.6 Å². The Labute approximate surface area is 102 Å². The van der Waals surface area contributed by atoms with Gasteiger partial charge in [0.2, 0.25) is 0 Å². The molecule has 2 fully saturated rings. The van der Waals surface area contributed by atoms with Crippen molar-refractivity contribution >= 4 is 17.7 Å². The zero-order chi connectivity index (χ0) is 11.6. The van der Waals surface area contributed by atoms with E-state index in [9.17, 15) is 9.90 Å². The van der Waals surface area contributed by atoms with Crippen LogP contribution in [-0.2, 0) is 4.79 Å². The van der Waals surface area contributed by atoms with Crippen LogP contribution in [0.4, 0.5) is 0 Å². The summed E-state index contributed by atoms with van der Waals surface area (Å²) in [5.74, 6) is 2.17. The fourth-order valence-electron chi connectivity index (χ4n) is 2.81. The highest BCUT2D eigenvalue weighted by molar-refractivity contribution is 7.99. The first-order valence-corrected chi connectivity index (χ1v) is 7.37. The molecule has 0 atom stereocenters. The number of hydrogen-bond donors (Lipinski definition) is 1. The molecule has 2 aliphatic rings. The van der Waals surface area contributed by atoms with Crippen LogP contribution in [0.15, 0.2) is 0 Å². The number of rotatable bonds is 2. The summed E-state index contributed by atoms with van der Waals surface area (Å²) in [7, 11) is 0. The molecule has 2 saturated heterocycles. The van der Waals surface area contributed by atoms with Crippen molar-refractivity contribution in [3.63, 3.8) is 0 Å². The van der Waals surface area contributed by atoms with Gasteiger partial charge in [0.25, 0.3) is 0 Å². The molecule has 0 aromatic rings. The van der Waals surface area contributed by atoms with Crippen LogP contribution in [0.2, 0.25) is 0 Å². The molecule has 0 unspecified atom stereocenters. The summed E-state index contributed by atoms with van der Waals surface area (Å²) in [5, 5.41) is 9.56. The predicted molar refractivity (Wildman–Crippen MR) is 66.9 cm³/mol. The maximum absolute atomic E-state index is 11.6. The van der Waals surface area contributed by atoms with E-state index in [4.69, 9.17) is 0 Å². The third kappa shape index (κ3) is 2.23. The molecule has 1 N–H and O–H groups in total. The monoisotopic (exact) mass is 243 g/mol. The van der Waals surface area contributed by atoms with Gasteiger partial charge in [0.15, 0.2) is 0 Å². The predicted octanol–water partition coefficient (Wildman–Crippen LogP) is 2.07. The minimum Gasteiger partial charge on any atom is -0.480 e. The fourth-order valence-corrected chi connectivity index (χ4v) is 3.98. The van der Waals surface area contributed by atoms with E-state index in [0.717, 1.165) is 56.2 Å². The average Bonchev–Trinajstić information content (AvgIpc) is 2.30. The van der Waals surface area contributed by atoms with Crippen molar-refractivity contribution in [2.45, 2.75) is 38.1 Å². The first-order chi connectivity index (χ1) is 7.65. The summed E-state index contributed by atoms with van der Waals surface area (Å²) < 4.78 is 0. The van der Waals surface area contributed by atoms with Gasteiger partial charge in [-0.1, -0.05) is 6.92 Å². The van der Waals surface area contributed by atoms with E-state index >= 15 is 0 Å². The van der Waals surface area contributed by atoms with Crippen LogP contribution >= 0.6 is 11.8 Å². The number of carboxylic acid groups (broad SMARTS) is 1. The Balaban J connectivity index is 2.09. The lowest BCUT2D eigenvalue weighted by molar-refractivity contribution is -0.153. The first kappa shape index (κ1) is 12.2. The highest BCUT2D eigenvalue weighted by Crippen LogP contribution is 2.35. The molecule has 0 bridgehead atoms. The largest absolute Gasteiger partial charge is 0.480 e. The third-order valence-electron chi connectivity index (χ3n) is 4.11. The molecule has 0 aromatic heterocycles. The number of likely N-dealkylation sites (tertiary alicyclic amines) is 1. The number of piperidine rings is 1. The molecule has 0 aliphatic carbocycles. The van der Waals surface area contributed by atoms with Gasteiger partial charge in [0, 0.05) is 0 Å². The number of nitrogens with zero attached hydrogens (tertiary/aromatic N) is 1. The lowest BCUT2D eigenvalue weighted by Crippen LogP contribution is -2.58. The van der Waals surface area contributed by atoms with Crippen LogP contribution in [0.25, 0.3) is 0 Å². The van der Waals surface area contributed by atoms with Crippen molar-refractivity contribution < 1.29 is 9.90 Å². The van der Waals surface area contributed by atoms with Crippen molar-refractivity contribution in [3.8, 4) is 0 Å². The van der Waals surface area contributed by atoms with Gasteiger partial charge in [-0.05, 0) is 56.2 Å². The highest BCUT2D eigenvalue weighted by atomic mass is 32.2. The van der Waals surface area contributed by atoms with Gasteiger partial charge >= 0.3 is 5.97 Å². The minimum atomic E-state index is -0.595. The molecule has 0 spiro atoms. The Morgan fingerprint density at radius 3 is 2.38 bits per heavy atom. The topological polar surface area (TPSA) is 40.5 Å². The van der Waals surface area contributed by atoms with Crippen LogP contribution in [0.3, 0.4) is 0 Å².